The molecule has 1 heterocycles. The SMILES string of the molecule is O=C(CCCOc1ccccc1)NC1CCN(C(=O)OCc2ccccc2)CC1. The first-order valence-corrected chi connectivity index (χ1v) is 10.1. The fraction of sp³-hybridized carbons (Fsp3) is 0.391. The van der Waals surface area contributed by atoms with E-state index >= 15 is 0 Å². The molecule has 2 aromatic rings. The van der Waals surface area contributed by atoms with Crippen LogP contribution in [0, 0.1) is 0 Å². The normalized spacial score (nSPS) is 14.3. The van der Waals surface area contributed by atoms with E-state index in [-0.39, 0.29) is 24.6 Å². The van der Waals surface area contributed by atoms with E-state index in [4.69, 9.17) is 9.47 Å². The van der Waals surface area contributed by atoms with Crippen molar-refractivity contribution in [2.45, 2.75) is 38.3 Å². The number of nitrogens with zero attached hydrogens (tertiary/aromatic N) is 1. The van der Waals surface area contributed by atoms with E-state index in [0.717, 1.165) is 24.2 Å². The van der Waals surface area contributed by atoms with Crippen LogP contribution in [0.15, 0.2) is 60.7 Å². The number of hydrogen-bond donors (Lipinski definition) is 1. The minimum absolute atomic E-state index is 0.0340. The summed E-state index contributed by atoms with van der Waals surface area (Å²) in [6.07, 6.45) is 2.30. The number of carbonyl (C=O) groups is 2. The Kier molecular flexibility index (Phi) is 7.92. The molecule has 0 aromatic heterocycles. The number of piperidine rings is 1. The zero-order valence-electron chi connectivity index (χ0n) is 16.6. The van der Waals surface area contributed by atoms with E-state index in [2.05, 4.69) is 5.32 Å². The lowest BCUT2D eigenvalue weighted by atomic mass is 10.1. The summed E-state index contributed by atoms with van der Waals surface area (Å²) < 4.78 is 11.0. The summed E-state index contributed by atoms with van der Waals surface area (Å²) in [5.74, 6) is 0.853. The van der Waals surface area contributed by atoms with Crippen molar-refractivity contribution in [2.24, 2.45) is 0 Å². The Balaban J connectivity index is 1.28. The van der Waals surface area contributed by atoms with Gasteiger partial charge in [-0.1, -0.05) is 48.5 Å². The van der Waals surface area contributed by atoms with Gasteiger partial charge in [0.25, 0.3) is 0 Å². The molecule has 0 atom stereocenters. The Bertz CT molecular complexity index is 759. The van der Waals surface area contributed by atoms with Gasteiger partial charge in [0.05, 0.1) is 6.61 Å². The van der Waals surface area contributed by atoms with Crippen molar-refractivity contribution in [1.29, 1.82) is 0 Å². The van der Waals surface area contributed by atoms with Crippen LogP contribution >= 0.6 is 0 Å². The summed E-state index contributed by atoms with van der Waals surface area (Å²) in [7, 11) is 0. The van der Waals surface area contributed by atoms with Crippen LogP contribution in [-0.2, 0) is 16.1 Å². The van der Waals surface area contributed by atoms with Gasteiger partial charge in [-0.25, -0.2) is 4.79 Å². The van der Waals surface area contributed by atoms with Crippen LogP contribution in [0.5, 0.6) is 5.75 Å². The van der Waals surface area contributed by atoms with Crippen molar-refractivity contribution < 1.29 is 19.1 Å². The van der Waals surface area contributed by atoms with Gasteiger partial charge >= 0.3 is 6.09 Å². The summed E-state index contributed by atoms with van der Waals surface area (Å²) in [5.41, 5.74) is 0.972. The van der Waals surface area contributed by atoms with Crippen LogP contribution in [0.2, 0.25) is 0 Å². The molecular formula is C23H28N2O4. The van der Waals surface area contributed by atoms with E-state index in [0.29, 0.717) is 32.5 Å². The molecule has 0 radical (unpaired) electrons. The number of nitrogens with one attached hydrogen (secondary N) is 1. The van der Waals surface area contributed by atoms with Crippen LogP contribution in [0.4, 0.5) is 4.79 Å². The molecule has 1 saturated heterocycles. The highest BCUT2D eigenvalue weighted by Crippen LogP contribution is 2.13. The molecule has 29 heavy (non-hydrogen) atoms. The number of likely N-dealkylation sites (tertiary alicyclic amines) is 1. The van der Waals surface area contributed by atoms with Crippen LogP contribution < -0.4 is 10.1 Å². The average molecular weight is 396 g/mol. The number of carbonyl (C=O) groups excluding carboxylic acids is 2. The van der Waals surface area contributed by atoms with Crippen LogP contribution in [-0.4, -0.2) is 42.6 Å². The lowest BCUT2D eigenvalue weighted by Gasteiger charge is -2.31. The van der Waals surface area contributed by atoms with Crippen molar-refractivity contribution in [3.63, 3.8) is 0 Å². The second-order valence-corrected chi connectivity index (χ2v) is 7.13. The number of ether oxygens (including phenoxy) is 2. The predicted octanol–water partition coefficient (Wildman–Crippen LogP) is 3.76. The molecule has 0 spiro atoms. The minimum Gasteiger partial charge on any atom is -0.494 e. The van der Waals surface area contributed by atoms with Gasteiger partial charge in [-0.15, -0.1) is 0 Å². The second kappa shape index (κ2) is 11.1. The number of hydrogen-bond acceptors (Lipinski definition) is 4. The maximum atomic E-state index is 12.2. The smallest absolute Gasteiger partial charge is 0.410 e. The Morgan fingerprint density at radius 3 is 2.31 bits per heavy atom. The highest BCUT2D eigenvalue weighted by Gasteiger charge is 2.24. The van der Waals surface area contributed by atoms with E-state index in [9.17, 15) is 9.59 Å². The molecule has 2 amide bonds. The fourth-order valence-electron chi connectivity index (χ4n) is 3.26. The third-order valence-electron chi connectivity index (χ3n) is 4.88. The second-order valence-electron chi connectivity index (χ2n) is 7.13. The number of rotatable bonds is 8. The number of para-hydroxylation sites is 1. The third kappa shape index (κ3) is 7.14. The standard InChI is InChI=1S/C23H28N2O4/c26-22(12-7-17-28-21-10-5-2-6-11-21)24-20-13-15-25(16-14-20)23(27)29-18-19-8-3-1-4-9-19/h1-6,8-11,20H,7,12-18H2,(H,24,26). The first-order valence-electron chi connectivity index (χ1n) is 10.1. The van der Waals surface area contributed by atoms with Gasteiger partial charge in [0, 0.05) is 25.6 Å². The molecule has 1 fully saturated rings. The molecule has 1 N–H and O–H groups in total. The molecular weight excluding hydrogens is 368 g/mol. The number of benzene rings is 2. The minimum atomic E-state index is -0.295. The Morgan fingerprint density at radius 2 is 1.62 bits per heavy atom. The molecule has 6 nitrogen and oxygen atoms in total. The fourth-order valence-corrected chi connectivity index (χ4v) is 3.26. The summed E-state index contributed by atoms with van der Waals surface area (Å²) in [6.45, 7) is 1.98. The maximum absolute atomic E-state index is 12.2. The molecule has 6 heteroatoms. The van der Waals surface area contributed by atoms with Gasteiger partial charge in [0.2, 0.25) is 5.91 Å². The first kappa shape index (κ1) is 20.7. The van der Waals surface area contributed by atoms with E-state index in [1.54, 1.807) is 4.90 Å². The average Bonchev–Trinajstić information content (AvgIpc) is 2.77. The monoisotopic (exact) mass is 396 g/mol. The lowest BCUT2D eigenvalue weighted by Crippen LogP contribution is -2.46. The zero-order chi connectivity index (χ0) is 20.3. The van der Waals surface area contributed by atoms with E-state index in [1.807, 2.05) is 60.7 Å². The Hall–Kier alpha value is -3.02. The molecule has 0 saturated carbocycles. The van der Waals surface area contributed by atoms with Gasteiger partial charge in [-0.2, -0.15) is 0 Å². The van der Waals surface area contributed by atoms with Gasteiger partial charge in [0.15, 0.2) is 0 Å². The van der Waals surface area contributed by atoms with Crippen LogP contribution in [0.3, 0.4) is 0 Å². The summed E-state index contributed by atoms with van der Waals surface area (Å²) in [6, 6.07) is 19.3. The molecule has 2 aromatic carbocycles. The molecule has 0 bridgehead atoms. The van der Waals surface area contributed by atoms with E-state index in [1.165, 1.54) is 0 Å². The molecule has 0 aliphatic carbocycles. The molecule has 3 rings (SSSR count). The van der Waals surface area contributed by atoms with Gasteiger partial charge in [-0.05, 0) is 37.0 Å². The van der Waals surface area contributed by atoms with Crippen molar-refractivity contribution >= 4 is 12.0 Å². The van der Waals surface area contributed by atoms with Crippen LogP contribution in [0.25, 0.3) is 0 Å². The quantitative estimate of drug-likeness (QED) is 0.690. The highest BCUT2D eigenvalue weighted by atomic mass is 16.6. The van der Waals surface area contributed by atoms with Crippen molar-refractivity contribution in [3.05, 3.63) is 66.2 Å². The summed E-state index contributed by atoms with van der Waals surface area (Å²) in [4.78, 5) is 26.0. The van der Waals surface area contributed by atoms with Gasteiger partial charge in [0.1, 0.15) is 12.4 Å². The molecule has 154 valence electrons. The van der Waals surface area contributed by atoms with Gasteiger partial charge in [-0.3, -0.25) is 4.79 Å². The van der Waals surface area contributed by atoms with E-state index < -0.39 is 0 Å². The van der Waals surface area contributed by atoms with Crippen molar-refractivity contribution in [3.8, 4) is 5.75 Å². The Labute approximate surface area is 171 Å². The van der Waals surface area contributed by atoms with Crippen molar-refractivity contribution in [1.82, 2.24) is 10.2 Å². The largest absolute Gasteiger partial charge is 0.494 e. The predicted molar refractivity (Wildman–Crippen MR) is 111 cm³/mol. The molecule has 0 unspecified atom stereocenters. The van der Waals surface area contributed by atoms with Gasteiger partial charge < -0.3 is 19.7 Å². The topological polar surface area (TPSA) is 67.9 Å². The highest BCUT2D eigenvalue weighted by molar-refractivity contribution is 5.76. The number of amides is 2. The van der Waals surface area contributed by atoms with Crippen LogP contribution in [0.1, 0.15) is 31.2 Å². The lowest BCUT2D eigenvalue weighted by molar-refractivity contribution is -0.122. The maximum Gasteiger partial charge on any atom is 0.410 e. The molecule has 1 aliphatic rings. The summed E-state index contributed by atoms with van der Waals surface area (Å²) >= 11 is 0. The Morgan fingerprint density at radius 1 is 0.966 bits per heavy atom. The third-order valence-corrected chi connectivity index (χ3v) is 4.88. The molecule has 1 aliphatic heterocycles. The van der Waals surface area contributed by atoms with Crippen molar-refractivity contribution in [2.75, 3.05) is 19.7 Å². The summed E-state index contributed by atoms with van der Waals surface area (Å²) in [5, 5.41) is 3.06. The first-order chi connectivity index (χ1) is 14.2. The zero-order valence-corrected chi connectivity index (χ0v) is 16.6.